The third-order valence-corrected chi connectivity index (χ3v) is 3.38. The van der Waals surface area contributed by atoms with Crippen molar-refractivity contribution in [2.45, 2.75) is 26.3 Å². The Labute approximate surface area is 126 Å². The molecule has 0 spiro atoms. The molecular weight excluding hydrogens is 262 g/mol. The van der Waals surface area contributed by atoms with Crippen molar-refractivity contribution in [1.29, 1.82) is 0 Å². The summed E-state index contributed by atoms with van der Waals surface area (Å²) in [6.07, 6.45) is 1.03. The number of rotatable bonds is 7. The van der Waals surface area contributed by atoms with E-state index < -0.39 is 0 Å². The summed E-state index contributed by atoms with van der Waals surface area (Å²) in [5.41, 5.74) is 8.50. The van der Waals surface area contributed by atoms with Gasteiger partial charge in [-0.3, -0.25) is 0 Å². The predicted octanol–water partition coefficient (Wildman–Crippen LogP) is 3.73. The van der Waals surface area contributed by atoms with E-state index in [0.717, 1.165) is 23.5 Å². The van der Waals surface area contributed by atoms with Crippen molar-refractivity contribution in [3.63, 3.8) is 0 Å². The fourth-order valence-corrected chi connectivity index (χ4v) is 2.17. The highest BCUT2D eigenvalue weighted by Gasteiger charge is 2.12. The average Bonchev–Trinajstić information content (AvgIpc) is 2.54. The third kappa shape index (κ3) is 4.23. The van der Waals surface area contributed by atoms with Crippen molar-refractivity contribution >= 4 is 0 Å². The third-order valence-electron chi connectivity index (χ3n) is 3.38. The highest BCUT2D eigenvalue weighted by molar-refractivity contribution is 5.36. The maximum Gasteiger partial charge on any atom is 0.124 e. The molecule has 3 nitrogen and oxygen atoms in total. The number of para-hydroxylation sites is 1. The van der Waals surface area contributed by atoms with E-state index in [2.05, 4.69) is 19.1 Å². The molecule has 2 rings (SSSR count). The van der Waals surface area contributed by atoms with E-state index in [1.165, 1.54) is 5.56 Å². The van der Waals surface area contributed by atoms with Gasteiger partial charge in [0.1, 0.15) is 18.1 Å². The summed E-state index contributed by atoms with van der Waals surface area (Å²) in [4.78, 5) is 0. The van der Waals surface area contributed by atoms with Gasteiger partial charge in [-0.15, -0.1) is 0 Å². The zero-order valence-corrected chi connectivity index (χ0v) is 12.7. The van der Waals surface area contributed by atoms with Gasteiger partial charge >= 0.3 is 0 Å². The molecule has 2 aromatic carbocycles. The summed E-state index contributed by atoms with van der Waals surface area (Å²) >= 11 is 0. The van der Waals surface area contributed by atoms with E-state index in [4.69, 9.17) is 15.2 Å². The van der Waals surface area contributed by atoms with Crippen LogP contribution in [-0.2, 0) is 6.42 Å². The Balaban J connectivity index is 1.99. The maximum atomic E-state index is 6.23. The summed E-state index contributed by atoms with van der Waals surface area (Å²) in [7, 11) is 0. The molecule has 0 fully saturated rings. The van der Waals surface area contributed by atoms with Crippen LogP contribution in [-0.4, -0.2) is 13.2 Å². The topological polar surface area (TPSA) is 44.5 Å². The van der Waals surface area contributed by atoms with Gasteiger partial charge in [0.05, 0.1) is 12.6 Å². The van der Waals surface area contributed by atoms with Crippen molar-refractivity contribution in [3.05, 3.63) is 59.7 Å². The number of hydrogen-bond donors (Lipinski definition) is 1. The Morgan fingerprint density at radius 2 is 1.67 bits per heavy atom. The van der Waals surface area contributed by atoms with Crippen LogP contribution >= 0.6 is 0 Å². The molecule has 0 radical (unpaired) electrons. The molecule has 1 unspecified atom stereocenters. The minimum atomic E-state index is -0.210. The minimum absolute atomic E-state index is 0.210. The van der Waals surface area contributed by atoms with Gasteiger partial charge in [0.25, 0.3) is 0 Å². The minimum Gasteiger partial charge on any atom is -0.494 e. The van der Waals surface area contributed by atoms with Gasteiger partial charge in [-0.2, -0.15) is 0 Å². The number of nitrogens with two attached hydrogens (primary N) is 1. The van der Waals surface area contributed by atoms with Crippen LogP contribution in [0.1, 0.15) is 31.0 Å². The van der Waals surface area contributed by atoms with Crippen LogP contribution < -0.4 is 15.2 Å². The smallest absolute Gasteiger partial charge is 0.124 e. The lowest BCUT2D eigenvalue weighted by Gasteiger charge is -2.17. The molecular formula is C18H23NO2. The van der Waals surface area contributed by atoms with Crippen molar-refractivity contribution in [3.8, 4) is 11.5 Å². The Kier molecular flexibility index (Phi) is 5.64. The second-order valence-corrected chi connectivity index (χ2v) is 4.89. The van der Waals surface area contributed by atoms with Crippen molar-refractivity contribution in [2.24, 2.45) is 5.73 Å². The number of benzene rings is 2. The van der Waals surface area contributed by atoms with Crippen molar-refractivity contribution in [2.75, 3.05) is 13.2 Å². The maximum absolute atomic E-state index is 6.23. The lowest BCUT2D eigenvalue weighted by molar-refractivity contribution is 0.282. The molecule has 0 saturated heterocycles. The first-order valence-corrected chi connectivity index (χ1v) is 7.43. The normalized spacial score (nSPS) is 12.0. The first-order chi connectivity index (χ1) is 10.2. The highest BCUT2D eigenvalue weighted by Crippen LogP contribution is 2.24. The molecule has 0 heterocycles. The van der Waals surface area contributed by atoms with Gasteiger partial charge in [-0.05, 0) is 37.1 Å². The molecule has 0 aliphatic heterocycles. The van der Waals surface area contributed by atoms with E-state index in [-0.39, 0.29) is 6.04 Å². The van der Waals surface area contributed by atoms with Gasteiger partial charge in [0.2, 0.25) is 0 Å². The summed E-state index contributed by atoms with van der Waals surface area (Å²) in [5.74, 6) is 1.67. The van der Waals surface area contributed by atoms with Crippen molar-refractivity contribution in [1.82, 2.24) is 0 Å². The van der Waals surface area contributed by atoms with E-state index in [1.807, 2.05) is 43.3 Å². The van der Waals surface area contributed by atoms with Gasteiger partial charge in [0.15, 0.2) is 0 Å². The van der Waals surface area contributed by atoms with E-state index in [1.54, 1.807) is 0 Å². The van der Waals surface area contributed by atoms with Gasteiger partial charge in [-0.25, -0.2) is 0 Å². The summed E-state index contributed by atoms with van der Waals surface area (Å²) in [6.45, 7) is 5.16. The molecule has 0 bridgehead atoms. The molecule has 0 aromatic heterocycles. The molecule has 0 aliphatic carbocycles. The SMILES string of the molecule is CCOc1ccccc1C(N)COc1ccc(CC)cc1. The first-order valence-electron chi connectivity index (χ1n) is 7.43. The summed E-state index contributed by atoms with van der Waals surface area (Å²) < 4.78 is 11.4. The monoisotopic (exact) mass is 285 g/mol. The lowest BCUT2D eigenvalue weighted by atomic mass is 10.1. The van der Waals surface area contributed by atoms with Crippen LogP contribution in [0, 0.1) is 0 Å². The molecule has 1 atom stereocenters. The quantitative estimate of drug-likeness (QED) is 0.843. The molecule has 2 aromatic rings. The van der Waals surface area contributed by atoms with Crippen LogP contribution in [0.25, 0.3) is 0 Å². The second kappa shape index (κ2) is 7.70. The molecule has 0 amide bonds. The zero-order valence-electron chi connectivity index (χ0n) is 12.7. The van der Waals surface area contributed by atoms with Crippen LogP contribution in [0.4, 0.5) is 0 Å². The average molecular weight is 285 g/mol. The molecule has 21 heavy (non-hydrogen) atoms. The highest BCUT2D eigenvalue weighted by atomic mass is 16.5. The first kappa shape index (κ1) is 15.4. The largest absolute Gasteiger partial charge is 0.494 e. The molecule has 3 heteroatoms. The van der Waals surface area contributed by atoms with Gasteiger partial charge in [0, 0.05) is 5.56 Å². The Bertz CT molecular complexity index is 551. The van der Waals surface area contributed by atoms with E-state index in [0.29, 0.717) is 13.2 Å². The second-order valence-electron chi connectivity index (χ2n) is 4.89. The van der Waals surface area contributed by atoms with Gasteiger partial charge < -0.3 is 15.2 Å². The fraction of sp³-hybridized carbons (Fsp3) is 0.333. The zero-order chi connectivity index (χ0) is 15.1. The van der Waals surface area contributed by atoms with Crippen LogP contribution in [0.2, 0.25) is 0 Å². The molecule has 0 saturated carbocycles. The van der Waals surface area contributed by atoms with Gasteiger partial charge in [-0.1, -0.05) is 37.3 Å². The van der Waals surface area contributed by atoms with E-state index in [9.17, 15) is 0 Å². The lowest BCUT2D eigenvalue weighted by Crippen LogP contribution is -2.20. The Morgan fingerprint density at radius 1 is 0.952 bits per heavy atom. The van der Waals surface area contributed by atoms with Crippen LogP contribution in [0.5, 0.6) is 11.5 Å². The number of hydrogen-bond acceptors (Lipinski definition) is 3. The van der Waals surface area contributed by atoms with Crippen molar-refractivity contribution < 1.29 is 9.47 Å². The number of aryl methyl sites for hydroxylation is 1. The number of ether oxygens (including phenoxy) is 2. The van der Waals surface area contributed by atoms with Crippen LogP contribution in [0.15, 0.2) is 48.5 Å². The summed E-state index contributed by atoms with van der Waals surface area (Å²) in [5, 5.41) is 0. The predicted molar refractivity (Wildman–Crippen MR) is 85.9 cm³/mol. The molecule has 0 aliphatic rings. The molecule has 2 N–H and O–H groups in total. The Morgan fingerprint density at radius 3 is 2.33 bits per heavy atom. The van der Waals surface area contributed by atoms with E-state index >= 15 is 0 Å². The van der Waals surface area contributed by atoms with Crippen LogP contribution in [0.3, 0.4) is 0 Å². The fourth-order valence-electron chi connectivity index (χ4n) is 2.17. The molecule has 112 valence electrons. The summed E-state index contributed by atoms with van der Waals surface area (Å²) in [6, 6.07) is 15.8. The Hall–Kier alpha value is -2.00. The standard InChI is InChI=1S/C18H23NO2/c1-3-14-9-11-15(12-10-14)21-13-17(19)16-7-5-6-8-18(16)20-4-2/h5-12,17H,3-4,13,19H2,1-2H3.